The number of ether oxygens (including phenoxy) is 7. The lowest BCUT2D eigenvalue weighted by molar-refractivity contribution is -0.155. The quantitative estimate of drug-likeness (QED) is 0.156. The van der Waals surface area contributed by atoms with Gasteiger partial charge in [0.2, 0.25) is 11.5 Å². The molecule has 1 fully saturated rings. The van der Waals surface area contributed by atoms with E-state index in [2.05, 4.69) is 0 Å². The van der Waals surface area contributed by atoms with Crippen LogP contribution in [-0.4, -0.2) is 84.4 Å². The SMILES string of the molecule is COc1cc(CCCOC(=O)C2CCCCN2C(=O)C(=O)c2cc(OC)c(OC)c(OC)c2)cc(OC)c1OC. The van der Waals surface area contributed by atoms with Gasteiger partial charge in [-0.15, -0.1) is 0 Å². The van der Waals surface area contributed by atoms with Crippen LogP contribution < -0.4 is 28.4 Å². The number of rotatable bonds is 13. The molecule has 0 aliphatic carbocycles. The fourth-order valence-corrected chi connectivity index (χ4v) is 4.71. The summed E-state index contributed by atoms with van der Waals surface area (Å²) in [5.74, 6) is 0.303. The van der Waals surface area contributed by atoms with Crippen molar-refractivity contribution in [3.8, 4) is 34.5 Å². The maximum absolute atomic E-state index is 13.3. The molecule has 1 aliphatic rings. The Morgan fingerprint density at radius 1 is 0.750 bits per heavy atom. The molecule has 0 aromatic heterocycles. The number of esters is 1. The van der Waals surface area contributed by atoms with Crippen molar-refractivity contribution < 1.29 is 47.5 Å². The van der Waals surface area contributed by atoms with Gasteiger partial charge in [0, 0.05) is 12.1 Å². The van der Waals surface area contributed by atoms with Crippen LogP contribution in [0.25, 0.3) is 0 Å². The van der Waals surface area contributed by atoms with Crippen LogP contribution in [0.4, 0.5) is 0 Å². The minimum atomic E-state index is -0.839. The lowest BCUT2D eigenvalue weighted by Crippen LogP contribution is -2.51. The van der Waals surface area contributed by atoms with E-state index in [0.717, 1.165) is 12.0 Å². The van der Waals surface area contributed by atoms with Crippen LogP contribution in [0.2, 0.25) is 0 Å². The van der Waals surface area contributed by atoms with E-state index < -0.39 is 23.7 Å². The summed E-state index contributed by atoms with van der Waals surface area (Å²) in [6.07, 6.45) is 2.97. The smallest absolute Gasteiger partial charge is 0.328 e. The highest BCUT2D eigenvalue weighted by Gasteiger charge is 2.37. The fraction of sp³-hybridized carbons (Fsp3) is 0.483. The van der Waals surface area contributed by atoms with Gasteiger partial charge in [0.1, 0.15) is 6.04 Å². The molecule has 1 unspecified atom stereocenters. The summed E-state index contributed by atoms with van der Waals surface area (Å²) in [6, 6.07) is 5.69. The van der Waals surface area contributed by atoms with Crippen LogP contribution in [-0.2, 0) is 20.7 Å². The summed E-state index contributed by atoms with van der Waals surface area (Å²) >= 11 is 0. The van der Waals surface area contributed by atoms with Gasteiger partial charge in [-0.3, -0.25) is 9.59 Å². The predicted molar refractivity (Wildman–Crippen MR) is 145 cm³/mol. The highest BCUT2D eigenvalue weighted by Crippen LogP contribution is 2.39. The number of likely N-dealkylation sites (tertiary alicyclic amines) is 1. The number of nitrogens with zero attached hydrogens (tertiary/aromatic N) is 1. The molecule has 40 heavy (non-hydrogen) atoms. The Kier molecular flexibility index (Phi) is 10.9. The molecule has 2 aromatic carbocycles. The van der Waals surface area contributed by atoms with Crippen LogP contribution in [0.15, 0.2) is 24.3 Å². The number of hydrogen-bond donors (Lipinski definition) is 0. The first kappa shape index (κ1) is 30.4. The number of carbonyl (C=O) groups excluding carboxylic acids is 3. The van der Waals surface area contributed by atoms with Crippen molar-refractivity contribution in [3.63, 3.8) is 0 Å². The van der Waals surface area contributed by atoms with Crippen molar-refractivity contribution in [1.29, 1.82) is 0 Å². The number of aryl methyl sites for hydroxylation is 1. The van der Waals surface area contributed by atoms with Gasteiger partial charge in [-0.25, -0.2) is 4.79 Å². The van der Waals surface area contributed by atoms with Gasteiger partial charge >= 0.3 is 5.97 Å². The zero-order valence-corrected chi connectivity index (χ0v) is 23.9. The average Bonchev–Trinajstić information content (AvgIpc) is 3.00. The molecule has 0 N–H and O–H groups in total. The van der Waals surface area contributed by atoms with Crippen LogP contribution in [0.3, 0.4) is 0 Å². The molecule has 218 valence electrons. The number of carbonyl (C=O) groups is 3. The van der Waals surface area contributed by atoms with Gasteiger partial charge in [-0.05, 0) is 61.9 Å². The van der Waals surface area contributed by atoms with E-state index in [1.807, 2.05) is 12.1 Å². The molecule has 0 radical (unpaired) electrons. The van der Waals surface area contributed by atoms with Gasteiger partial charge < -0.3 is 38.1 Å². The lowest BCUT2D eigenvalue weighted by atomic mass is 10.00. The Balaban J connectivity index is 1.66. The summed E-state index contributed by atoms with van der Waals surface area (Å²) < 4.78 is 37.6. The van der Waals surface area contributed by atoms with E-state index in [-0.39, 0.29) is 30.2 Å². The maximum atomic E-state index is 13.3. The van der Waals surface area contributed by atoms with E-state index >= 15 is 0 Å². The minimum absolute atomic E-state index is 0.0718. The first-order valence-electron chi connectivity index (χ1n) is 12.9. The second-order valence-corrected chi connectivity index (χ2v) is 9.06. The molecule has 1 amide bonds. The molecule has 1 heterocycles. The molecule has 11 heteroatoms. The van der Waals surface area contributed by atoms with Crippen molar-refractivity contribution in [2.45, 2.75) is 38.1 Å². The number of methoxy groups -OCH3 is 6. The molecule has 11 nitrogen and oxygen atoms in total. The third-order valence-electron chi connectivity index (χ3n) is 6.74. The largest absolute Gasteiger partial charge is 0.493 e. The highest BCUT2D eigenvalue weighted by molar-refractivity contribution is 6.43. The van der Waals surface area contributed by atoms with E-state index in [1.54, 1.807) is 14.2 Å². The van der Waals surface area contributed by atoms with Crippen molar-refractivity contribution in [2.75, 3.05) is 55.8 Å². The normalized spacial score (nSPS) is 14.7. The molecule has 2 aromatic rings. The maximum Gasteiger partial charge on any atom is 0.328 e. The van der Waals surface area contributed by atoms with Gasteiger partial charge in [-0.2, -0.15) is 0 Å². The first-order valence-corrected chi connectivity index (χ1v) is 12.9. The van der Waals surface area contributed by atoms with Crippen LogP contribution >= 0.6 is 0 Å². The number of amides is 1. The second kappa shape index (κ2) is 14.3. The van der Waals surface area contributed by atoms with Crippen LogP contribution in [0, 0.1) is 0 Å². The first-order chi connectivity index (χ1) is 19.3. The lowest BCUT2D eigenvalue weighted by Gasteiger charge is -2.33. The topological polar surface area (TPSA) is 119 Å². The summed E-state index contributed by atoms with van der Waals surface area (Å²) in [5, 5.41) is 0. The number of benzene rings is 2. The van der Waals surface area contributed by atoms with Crippen molar-refractivity contribution in [1.82, 2.24) is 4.90 Å². The Morgan fingerprint density at radius 2 is 1.27 bits per heavy atom. The van der Waals surface area contributed by atoms with Gasteiger partial charge in [0.15, 0.2) is 23.0 Å². The molecule has 1 saturated heterocycles. The zero-order valence-electron chi connectivity index (χ0n) is 23.9. The Bertz CT molecular complexity index is 1160. The minimum Gasteiger partial charge on any atom is -0.493 e. The summed E-state index contributed by atoms with van der Waals surface area (Å²) in [5.41, 5.74) is 0.999. The molecule has 0 bridgehead atoms. The summed E-state index contributed by atoms with van der Waals surface area (Å²) in [4.78, 5) is 40.8. The van der Waals surface area contributed by atoms with Gasteiger partial charge in [-0.1, -0.05) is 0 Å². The van der Waals surface area contributed by atoms with Gasteiger partial charge in [0.05, 0.1) is 49.3 Å². The molecule has 1 aliphatic heterocycles. The number of Topliss-reactive ketones (excluding diaryl/α,β-unsaturated/α-hetero) is 1. The standard InChI is InChI=1S/C29H37NO10/c1-34-21-14-18(15-22(35-2)26(21)38-5)10-9-13-40-29(33)20-11-7-8-12-30(20)28(32)25(31)19-16-23(36-3)27(39-6)24(17-19)37-4/h14-17,20H,7-13H2,1-6H3. The average molecular weight is 560 g/mol. The zero-order chi connectivity index (χ0) is 29.2. The van der Waals surface area contributed by atoms with Crippen molar-refractivity contribution in [3.05, 3.63) is 35.4 Å². The van der Waals surface area contributed by atoms with Crippen LogP contribution in [0.1, 0.15) is 41.6 Å². The van der Waals surface area contributed by atoms with Crippen LogP contribution in [0.5, 0.6) is 34.5 Å². The molecule has 0 spiro atoms. The Hall–Kier alpha value is -4.15. The predicted octanol–water partition coefficient (Wildman–Crippen LogP) is 3.48. The molecular formula is C29H37NO10. The summed E-state index contributed by atoms with van der Waals surface area (Å²) in [6.45, 7) is 0.426. The third-order valence-corrected chi connectivity index (χ3v) is 6.74. The summed E-state index contributed by atoms with van der Waals surface area (Å²) in [7, 11) is 8.93. The van der Waals surface area contributed by atoms with E-state index in [4.69, 9.17) is 33.2 Å². The van der Waals surface area contributed by atoms with Crippen molar-refractivity contribution >= 4 is 17.7 Å². The molecule has 0 saturated carbocycles. The van der Waals surface area contributed by atoms with E-state index in [0.29, 0.717) is 48.7 Å². The number of piperidine rings is 1. The van der Waals surface area contributed by atoms with E-state index in [9.17, 15) is 14.4 Å². The molecule has 1 atom stereocenters. The Labute approximate surface area is 234 Å². The monoisotopic (exact) mass is 559 g/mol. The third kappa shape index (κ3) is 6.70. The number of hydrogen-bond acceptors (Lipinski definition) is 10. The molecular weight excluding hydrogens is 522 g/mol. The second-order valence-electron chi connectivity index (χ2n) is 9.06. The van der Waals surface area contributed by atoms with E-state index in [1.165, 1.54) is 45.5 Å². The van der Waals surface area contributed by atoms with Gasteiger partial charge in [0.25, 0.3) is 11.7 Å². The Morgan fingerprint density at radius 3 is 1.77 bits per heavy atom. The molecule has 3 rings (SSSR count). The number of ketones is 1. The van der Waals surface area contributed by atoms with Crippen molar-refractivity contribution in [2.24, 2.45) is 0 Å². The highest BCUT2D eigenvalue weighted by atomic mass is 16.5. The fourth-order valence-electron chi connectivity index (χ4n) is 4.71.